The van der Waals surface area contributed by atoms with Gasteiger partial charge >= 0.3 is 5.76 Å². The summed E-state index contributed by atoms with van der Waals surface area (Å²) in [6.07, 6.45) is 0. The Morgan fingerprint density at radius 3 is 2.44 bits per heavy atom. The van der Waals surface area contributed by atoms with E-state index >= 15 is 0 Å². The summed E-state index contributed by atoms with van der Waals surface area (Å²) < 4.78 is 5.42. The molecule has 5 aromatic rings. The van der Waals surface area contributed by atoms with Crippen molar-refractivity contribution < 1.29 is 14.1 Å². The van der Waals surface area contributed by atoms with E-state index in [0.717, 1.165) is 9.86 Å². The Kier molecular flexibility index (Phi) is 5.93. The maximum atomic E-state index is 13.1. The lowest BCUT2D eigenvalue weighted by Crippen LogP contribution is -2.14. The zero-order valence-corrected chi connectivity index (χ0v) is 19.8. The fraction of sp³-hybridized carbons (Fsp3) is 0. The molecule has 0 radical (unpaired) electrons. The molecule has 2 amide bonds. The van der Waals surface area contributed by atoms with Crippen molar-refractivity contribution in [3.05, 3.63) is 98.6 Å². The van der Waals surface area contributed by atoms with E-state index in [1.54, 1.807) is 42.5 Å². The second-order valence-corrected chi connectivity index (χ2v) is 8.60. The van der Waals surface area contributed by atoms with Gasteiger partial charge in [0.15, 0.2) is 5.82 Å². The number of hydrogen-bond acceptors (Lipinski definition) is 6. The molecule has 2 aromatic heterocycles. The van der Waals surface area contributed by atoms with Crippen molar-refractivity contribution in [1.82, 2.24) is 15.1 Å². The fourth-order valence-corrected chi connectivity index (χ4v) is 3.90. The number of anilines is 2. The zero-order valence-electron chi connectivity index (χ0n) is 18.3. The molecule has 0 fully saturated rings. The standard InChI is InChI=1S/C25H15BrN6O4/c26-16-7-5-14(6-8-16)23(33)30-19-3-1-2-15-11-20(28-21(15)19)24(34)29-18-9-4-13(12-27)10-17(18)22-31-25(35)36-32-22/h1-11,28H,(H,29,34)(H,30,33)(H,31,32,35). The molecule has 0 saturated heterocycles. The Morgan fingerprint density at radius 1 is 0.944 bits per heavy atom. The molecule has 0 aliphatic carbocycles. The number of carbonyl (C=O) groups excluding carboxylic acids is 2. The van der Waals surface area contributed by atoms with Crippen LogP contribution in [0.1, 0.15) is 26.4 Å². The van der Waals surface area contributed by atoms with Crippen LogP contribution in [0.2, 0.25) is 0 Å². The Bertz CT molecular complexity index is 1730. The first-order valence-corrected chi connectivity index (χ1v) is 11.3. The first-order valence-electron chi connectivity index (χ1n) is 10.5. The minimum atomic E-state index is -0.766. The monoisotopic (exact) mass is 542 g/mol. The van der Waals surface area contributed by atoms with Gasteiger partial charge in [0.25, 0.3) is 11.8 Å². The molecule has 0 saturated carbocycles. The number of rotatable bonds is 5. The normalized spacial score (nSPS) is 10.7. The highest BCUT2D eigenvalue weighted by molar-refractivity contribution is 9.10. The van der Waals surface area contributed by atoms with E-state index in [4.69, 9.17) is 0 Å². The summed E-state index contributed by atoms with van der Waals surface area (Å²) in [7, 11) is 0. The van der Waals surface area contributed by atoms with Crippen molar-refractivity contribution in [3.8, 4) is 17.5 Å². The van der Waals surface area contributed by atoms with Crippen molar-refractivity contribution in [2.75, 3.05) is 10.6 Å². The van der Waals surface area contributed by atoms with Gasteiger partial charge < -0.3 is 15.6 Å². The van der Waals surface area contributed by atoms with Crippen molar-refractivity contribution in [1.29, 1.82) is 5.26 Å². The van der Waals surface area contributed by atoms with E-state index in [9.17, 15) is 19.6 Å². The van der Waals surface area contributed by atoms with E-state index < -0.39 is 11.7 Å². The van der Waals surface area contributed by atoms with Crippen molar-refractivity contribution in [2.24, 2.45) is 0 Å². The summed E-state index contributed by atoms with van der Waals surface area (Å²) >= 11 is 3.35. The number of nitrogens with one attached hydrogen (secondary N) is 4. The average molecular weight is 543 g/mol. The van der Waals surface area contributed by atoms with Gasteiger partial charge in [0, 0.05) is 21.0 Å². The van der Waals surface area contributed by atoms with Gasteiger partial charge in [-0.15, -0.1) is 0 Å². The molecule has 4 N–H and O–H groups in total. The highest BCUT2D eigenvalue weighted by atomic mass is 79.9. The molecule has 36 heavy (non-hydrogen) atoms. The summed E-state index contributed by atoms with van der Waals surface area (Å²) in [5.41, 5.74) is 2.74. The van der Waals surface area contributed by atoms with Gasteiger partial charge in [0.05, 0.1) is 28.5 Å². The molecular weight excluding hydrogens is 528 g/mol. The third kappa shape index (κ3) is 4.53. The van der Waals surface area contributed by atoms with Crippen LogP contribution in [0, 0.1) is 11.3 Å². The summed E-state index contributed by atoms with van der Waals surface area (Å²) in [4.78, 5) is 42.7. The van der Waals surface area contributed by atoms with Crippen LogP contribution in [0.5, 0.6) is 0 Å². The molecule has 3 aromatic carbocycles. The molecule has 0 bridgehead atoms. The molecule has 0 aliphatic rings. The quantitative estimate of drug-likeness (QED) is 0.253. The Hall–Kier alpha value is -4.95. The molecule has 0 atom stereocenters. The van der Waals surface area contributed by atoms with Crippen LogP contribution >= 0.6 is 15.9 Å². The number of benzene rings is 3. The van der Waals surface area contributed by atoms with Crippen LogP contribution in [0.15, 0.2) is 80.5 Å². The predicted molar refractivity (Wildman–Crippen MR) is 136 cm³/mol. The van der Waals surface area contributed by atoms with Crippen molar-refractivity contribution in [3.63, 3.8) is 0 Å². The van der Waals surface area contributed by atoms with Gasteiger partial charge in [-0.25, -0.2) is 4.79 Å². The minimum absolute atomic E-state index is 0.0713. The maximum Gasteiger partial charge on any atom is 0.439 e. The number of amides is 2. The molecule has 2 heterocycles. The SMILES string of the molecule is N#Cc1ccc(NC(=O)c2cc3cccc(NC(=O)c4ccc(Br)cc4)c3[nH]2)c(-c2noc(=O)[nH]2)c1. The number of aromatic nitrogens is 3. The van der Waals surface area contributed by atoms with Crippen LogP contribution in [0.25, 0.3) is 22.3 Å². The van der Waals surface area contributed by atoms with Crippen molar-refractivity contribution >= 4 is 50.0 Å². The number of halogens is 1. The highest BCUT2D eigenvalue weighted by Gasteiger charge is 2.17. The second kappa shape index (κ2) is 9.36. The number of H-pyrrole nitrogens is 2. The molecule has 0 spiro atoms. The van der Waals surface area contributed by atoms with Gasteiger partial charge in [-0.1, -0.05) is 33.2 Å². The van der Waals surface area contributed by atoms with Crippen LogP contribution in [-0.2, 0) is 0 Å². The lowest BCUT2D eigenvalue weighted by atomic mass is 10.1. The topological polar surface area (TPSA) is 157 Å². The molecule has 0 unspecified atom stereocenters. The summed E-state index contributed by atoms with van der Waals surface area (Å²) in [6.45, 7) is 0. The second-order valence-electron chi connectivity index (χ2n) is 7.68. The summed E-state index contributed by atoms with van der Waals surface area (Å²) in [5.74, 6) is -1.47. The third-order valence-electron chi connectivity index (χ3n) is 5.35. The van der Waals surface area contributed by atoms with Gasteiger partial charge in [-0.2, -0.15) is 5.26 Å². The Balaban J connectivity index is 1.43. The number of nitrogens with zero attached hydrogens (tertiary/aromatic N) is 2. The fourth-order valence-electron chi connectivity index (χ4n) is 3.63. The van der Waals surface area contributed by atoms with Gasteiger partial charge in [0.2, 0.25) is 0 Å². The number of para-hydroxylation sites is 1. The van der Waals surface area contributed by atoms with Crippen LogP contribution < -0.4 is 16.4 Å². The average Bonchev–Trinajstić information content (AvgIpc) is 3.52. The number of hydrogen-bond donors (Lipinski definition) is 4. The van der Waals surface area contributed by atoms with E-state index in [1.165, 1.54) is 18.2 Å². The first kappa shape index (κ1) is 22.8. The van der Waals surface area contributed by atoms with E-state index in [1.807, 2.05) is 12.1 Å². The van der Waals surface area contributed by atoms with Gasteiger partial charge in [0.1, 0.15) is 5.69 Å². The van der Waals surface area contributed by atoms with Crippen LogP contribution in [0.3, 0.4) is 0 Å². The molecule has 0 aliphatic heterocycles. The summed E-state index contributed by atoms with van der Waals surface area (Å²) in [5, 5.41) is 19.2. The minimum Gasteiger partial charge on any atom is -0.349 e. The lowest BCUT2D eigenvalue weighted by Gasteiger charge is -2.09. The lowest BCUT2D eigenvalue weighted by molar-refractivity contribution is 0.101. The van der Waals surface area contributed by atoms with Crippen LogP contribution in [-0.4, -0.2) is 26.9 Å². The number of carbonyl (C=O) groups is 2. The number of fused-ring (bicyclic) bond motifs is 1. The van der Waals surface area contributed by atoms with Gasteiger partial charge in [-0.05, 0) is 54.6 Å². The smallest absolute Gasteiger partial charge is 0.349 e. The highest BCUT2D eigenvalue weighted by Crippen LogP contribution is 2.28. The molecular formula is C25H15BrN6O4. The zero-order chi connectivity index (χ0) is 25.2. The molecule has 5 rings (SSSR count). The third-order valence-corrected chi connectivity index (χ3v) is 5.88. The number of aromatic amines is 2. The van der Waals surface area contributed by atoms with E-state index in [2.05, 4.69) is 46.2 Å². The predicted octanol–water partition coefficient (Wildman–Crippen LogP) is 4.65. The molecule has 11 heteroatoms. The van der Waals surface area contributed by atoms with E-state index in [-0.39, 0.29) is 17.4 Å². The van der Waals surface area contributed by atoms with Crippen LogP contribution in [0.4, 0.5) is 11.4 Å². The van der Waals surface area contributed by atoms with Crippen molar-refractivity contribution in [2.45, 2.75) is 0 Å². The summed E-state index contributed by atoms with van der Waals surface area (Å²) in [6, 6.07) is 20.5. The Labute approximate surface area is 211 Å². The molecule has 10 nitrogen and oxygen atoms in total. The van der Waals surface area contributed by atoms with Gasteiger partial charge in [-0.3, -0.25) is 19.1 Å². The largest absolute Gasteiger partial charge is 0.439 e. The number of nitriles is 1. The molecule has 176 valence electrons. The maximum absolute atomic E-state index is 13.1. The van der Waals surface area contributed by atoms with E-state index in [0.29, 0.717) is 33.6 Å². The Morgan fingerprint density at radius 2 is 1.72 bits per heavy atom. The first-order chi connectivity index (χ1) is 17.4.